The maximum absolute atomic E-state index is 16.0. The van der Waals surface area contributed by atoms with E-state index in [4.69, 9.17) is 50.8 Å². The molecule has 3 aliphatic rings. The second-order valence-corrected chi connectivity index (χ2v) is 15.8. The fourth-order valence-electron chi connectivity index (χ4n) is 5.24. The van der Waals surface area contributed by atoms with Crippen molar-refractivity contribution in [3.05, 3.63) is 29.3 Å². The van der Waals surface area contributed by atoms with Gasteiger partial charge in [-0.1, -0.05) is 0 Å². The Balaban J connectivity index is 1.20. The van der Waals surface area contributed by atoms with Crippen molar-refractivity contribution in [1.82, 2.24) is 39.0 Å². The topological polar surface area (TPSA) is 255 Å². The molecule has 2 bridgehead atoms. The molecule has 7 heterocycles. The molecule has 4 aromatic rings. The van der Waals surface area contributed by atoms with E-state index in [-0.39, 0.29) is 34.1 Å². The third-order valence-electron chi connectivity index (χ3n) is 7.24. The highest BCUT2D eigenvalue weighted by Gasteiger charge is 2.58. The van der Waals surface area contributed by atoms with Gasteiger partial charge in [-0.2, -0.15) is 18.9 Å². The quantitative estimate of drug-likeness (QED) is 0.120. The van der Waals surface area contributed by atoms with Crippen molar-refractivity contribution in [2.24, 2.45) is 0 Å². The molecule has 3 saturated heterocycles. The number of anilines is 2. The van der Waals surface area contributed by atoms with Gasteiger partial charge in [-0.3, -0.25) is 23.4 Å². The number of H-pyrrole nitrogens is 1. The number of nitrogens with one attached hydrogen (secondary N) is 1. The smallest absolute Gasteiger partial charge is 0.382 e. The first-order valence-electron chi connectivity index (χ1n) is 12.9. The molecule has 19 nitrogen and oxygen atoms in total. The molecule has 4 unspecified atom stereocenters. The van der Waals surface area contributed by atoms with Gasteiger partial charge in [0.2, 0.25) is 5.95 Å². The summed E-state index contributed by atoms with van der Waals surface area (Å²) in [4.78, 5) is 56.6. The number of thiol groups is 1. The predicted octanol–water partition coefficient (Wildman–Crippen LogP) is 0.229. The van der Waals surface area contributed by atoms with E-state index in [1.54, 1.807) is 0 Å². The van der Waals surface area contributed by atoms with Gasteiger partial charge < -0.3 is 30.4 Å². The van der Waals surface area contributed by atoms with Crippen LogP contribution < -0.4 is 17.0 Å². The highest BCUT2D eigenvalue weighted by atomic mass is 32.7. The maximum Gasteiger partial charge on any atom is 0.476 e. The first-order chi connectivity index (χ1) is 21.3. The molecule has 0 spiro atoms. The summed E-state index contributed by atoms with van der Waals surface area (Å²) in [6.07, 6.45) is -9.51. The van der Waals surface area contributed by atoms with Gasteiger partial charge in [0, 0.05) is 0 Å². The van der Waals surface area contributed by atoms with E-state index in [2.05, 4.69) is 42.2 Å². The van der Waals surface area contributed by atoms with Crippen molar-refractivity contribution < 1.29 is 46.1 Å². The zero-order chi connectivity index (χ0) is 31.8. The molecule has 0 radical (unpaired) electrons. The number of ether oxygens (including phenoxy) is 2. The summed E-state index contributed by atoms with van der Waals surface area (Å²) < 4.78 is 68.1. The summed E-state index contributed by atoms with van der Waals surface area (Å²) in [5, 5.41) is 0. The van der Waals surface area contributed by atoms with E-state index >= 15 is 8.78 Å². The molecule has 3 fully saturated rings. The number of nitrogens with zero attached hydrogens (tertiary/aromatic N) is 7. The van der Waals surface area contributed by atoms with E-state index in [0.717, 1.165) is 12.7 Å². The minimum Gasteiger partial charge on any atom is -0.382 e. The molecule has 242 valence electrons. The Labute approximate surface area is 260 Å². The lowest BCUT2D eigenvalue weighted by Gasteiger charge is -2.25. The molecule has 0 amide bonds. The molecule has 3 aliphatic heterocycles. The van der Waals surface area contributed by atoms with Gasteiger partial charge in [-0.05, 0) is 11.8 Å². The Kier molecular flexibility index (Phi) is 7.82. The zero-order valence-electron chi connectivity index (χ0n) is 22.3. The van der Waals surface area contributed by atoms with Crippen LogP contribution in [0.3, 0.4) is 0 Å². The van der Waals surface area contributed by atoms with E-state index in [1.165, 1.54) is 15.5 Å². The molecule has 10 atom stereocenters. The molecule has 7 rings (SSSR count). The molecule has 7 N–H and O–H groups in total. The van der Waals surface area contributed by atoms with Crippen molar-refractivity contribution >= 4 is 72.0 Å². The largest absolute Gasteiger partial charge is 0.476 e. The number of fused-ring (bicyclic) bond motifs is 5. The summed E-state index contributed by atoms with van der Waals surface area (Å²) in [6, 6.07) is 0. The monoisotopic (exact) mass is 711 g/mol. The van der Waals surface area contributed by atoms with Crippen LogP contribution in [0.15, 0.2) is 23.8 Å². The Morgan fingerprint density at radius 3 is 2.51 bits per heavy atom. The van der Waals surface area contributed by atoms with Crippen LogP contribution in [0, 0.1) is 0 Å². The number of hydrogen-bond acceptors (Lipinski definition) is 17. The predicted molar refractivity (Wildman–Crippen MR) is 156 cm³/mol. The highest BCUT2D eigenvalue weighted by Crippen LogP contribution is 2.65. The second-order valence-electron chi connectivity index (χ2n) is 10.1. The lowest BCUT2D eigenvalue weighted by atomic mass is 10.1. The minimum atomic E-state index is -4.31. The molecule has 4 aromatic heterocycles. The van der Waals surface area contributed by atoms with Crippen LogP contribution in [-0.2, 0) is 39.4 Å². The lowest BCUT2D eigenvalue weighted by molar-refractivity contribution is -0.0603. The number of rotatable bonds is 2. The number of nitrogens with two attached hydrogens (primary N) is 2. The average molecular weight is 712 g/mol. The number of aromatic nitrogens is 8. The van der Waals surface area contributed by atoms with Gasteiger partial charge in [-0.15, -0.1) is 0 Å². The van der Waals surface area contributed by atoms with Gasteiger partial charge >= 0.3 is 13.9 Å². The van der Waals surface area contributed by atoms with E-state index in [1.807, 2.05) is 0 Å². The Morgan fingerprint density at radius 1 is 1.02 bits per heavy atom. The fourth-order valence-corrected chi connectivity index (χ4v) is 8.14. The number of imidazole rings is 2. The standard InChI is InChI=1S/C20H22F2N10O9P2S2/c21-8-6-1-36-42(34,44)40-12-7(39-18(9(12)22)31-4-27-10-14(23)25-3-26-15(10)31)2-37-43(35,45)41-13(8)19(38-6)32-5-28-11-16(32)29-20(24)30-17(11)33/h3-9,12-13,18-19,35,45H,1-2H2,(H5-,23,24,25,26,29,30,33,34,44)/p+1/t6-,7-,8?,9+,12?,13+,18-,19-,42?,43?/m1/s1. The summed E-state index contributed by atoms with van der Waals surface area (Å²) >= 11 is 9.23. The molecule has 25 heteroatoms. The van der Waals surface area contributed by atoms with Crippen molar-refractivity contribution in [2.75, 3.05) is 24.7 Å². The van der Waals surface area contributed by atoms with Crippen LogP contribution in [-0.4, -0.2) is 98.8 Å². The summed E-state index contributed by atoms with van der Waals surface area (Å²) in [6.45, 7) is -5.63. The van der Waals surface area contributed by atoms with Gasteiger partial charge in [0.05, 0.1) is 31.5 Å². The van der Waals surface area contributed by atoms with Gasteiger partial charge in [0.25, 0.3) is 5.56 Å². The number of hydrogen-bond donors (Lipinski definition) is 6. The number of aromatic amines is 1. The molecule has 0 aromatic carbocycles. The first kappa shape index (κ1) is 31.1. The summed E-state index contributed by atoms with van der Waals surface area (Å²) in [5.41, 5.74) is 11.0. The van der Waals surface area contributed by atoms with Crippen LogP contribution >= 0.6 is 26.1 Å². The SMILES string of the molecule is Nc1nc2c(ncn2[C@@H]2O[C@@H]3COP(O)(=S)OC4[C@@H](CO[P+](O)(S)O[C@H]2C3F)O[C@@H](n2cnc3c(N)ncnc32)[C@H]4F)c(=O)[nH]1. The number of nitrogen functional groups attached to an aromatic ring is 2. The lowest BCUT2D eigenvalue weighted by Crippen LogP contribution is -2.34. The Hall–Kier alpha value is -2.53. The summed E-state index contributed by atoms with van der Waals surface area (Å²) in [7, 11) is -4.24. The van der Waals surface area contributed by atoms with E-state index < -0.39 is 81.9 Å². The zero-order valence-corrected chi connectivity index (χ0v) is 25.8. The third kappa shape index (κ3) is 5.59. The Bertz CT molecular complexity index is 1890. The van der Waals surface area contributed by atoms with Gasteiger partial charge in [0.1, 0.15) is 36.8 Å². The van der Waals surface area contributed by atoms with Crippen LogP contribution in [0.1, 0.15) is 12.5 Å². The van der Waals surface area contributed by atoms with Crippen molar-refractivity contribution in [1.29, 1.82) is 0 Å². The average Bonchev–Trinajstić information content (AvgIpc) is 3.72. The van der Waals surface area contributed by atoms with Crippen molar-refractivity contribution in [3.63, 3.8) is 0 Å². The molecule has 0 aliphatic carbocycles. The van der Waals surface area contributed by atoms with Crippen molar-refractivity contribution in [2.45, 2.75) is 49.2 Å². The maximum atomic E-state index is 16.0. The van der Waals surface area contributed by atoms with Crippen LogP contribution in [0.2, 0.25) is 0 Å². The van der Waals surface area contributed by atoms with Crippen LogP contribution in [0.4, 0.5) is 20.5 Å². The molecule has 45 heavy (non-hydrogen) atoms. The molecule has 0 saturated carbocycles. The number of halogens is 2. The van der Waals surface area contributed by atoms with Gasteiger partial charge in [0.15, 0.2) is 53.5 Å². The minimum absolute atomic E-state index is 0.0479. The molecular formula is C20H23F2N10O9P2S2+. The van der Waals surface area contributed by atoms with Crippen LogP contribution in [0.25, 0.3) is 22.3 Å². The Morgan fingerprint density at radius 2 is 1.73 bits per heavy atom. The van der Waals surface area contributed by atoms with Crippen LogP contribution in [0.5, 0.6) is 0 Å². The van der Waals surface area contributed by atoms with E-state index in [9.17, 15) is 14.6 Å². The molecular weight excluding hydrogens is 688 g/mol. The van der Waals surface area contributed by atoms with Crippen molar-refractivity contribution in [3.8, 4) is 0 Å². The normalized spacial score (nSPS) is 37.7. The second kappa shape index (κ2) is 11.3. The van der Waals surface area contributed by atoms with E-state index in [0.29, 0.717) is 0 Å². The fraction of sp³-hybridized carbons (Fsp3) is 0.500. The highest BCUT2D eigenvalue weighted by molar-refractivity contribution is 8.47. The summed E-state index contributed by atoms with van der Waals surface area (Å²) in [5.74, 6) is -0.204. The number of alkyl halides is 2. The van der Waals surface area contributed by atoms with Gasteiger partial charge in [-0.25, -0.2) is 28.7 Å². The third-order valence-corrected chi connectivity index (χ3v) is 10.4. The first-order valence-corrected chi connectivity index (χ1v) is 18.2.